The van der Waals surface area contributed by atoms with E-state index >= 15 is 0 Å². The summed E-state index contributed by atoms with van der Waals surface area (Å²) in [7, 11) is 1.70. The number of fused-ring (bicyclic) bond motifs is 1. The average molecular weight is 434 g/mol. The number of nitrogens with zero attached hydrogens (tertiary/aromatic N) is 6. The lowest BCUT2D eigenvalue weighted by Gasteiger charge is -2.36. The van der Waals surface area contributed by atoms with Gasteiger partial charge in [0.25, 0.3) is 5.56 Å². The Kier molecular flexibility index (Phi) is 5.42. The second kappa shape index (κ2) is 8.05. The minimum atomic E-state index is -4.39. The lowest BCUT2D eigenvalue weighted by atomic mass is 10.1. The molecule has 1 aliphatic heterocycles. The van der Waals surface area contributed by atoms with E-state index < -0.39 is 11.7 Å². The number of aryl methyl sites for hydroxylation is 2. The molecule has 3 aromatic rings. The van der Waals surface area contributed by atoms with E-state index in [0.717, 1.165) is 12.1 Å². The summed E-state index contributed by atoms with van der Waals surface area (Å²) < 4.78 is 41.7. The molecule has 0 radical (unpaired) electrons. The number of benzene rings is 1. The summed E-state index contributed by atoms with van der Waals surface area (Å²) >= 11 is 0. The highest BCUT2D eigenvalue weighted by molar-refractivity contribution is 5.76. The van der Waals surface area contributed by atoms with Crippen molar-refractivity contribution in [3.63, 3.8) is 0 Å². The maximum Gasteiger partial charge on any atom is 0.416 e. The fraction of sp³-hybridized carbons (Fsp3) is 0.400. The number of piperazine rings is 1. The third-order valence-corrected chi connectivity index (χ3v) is 5.46. The number of aromatic nitrogens is 4. The van der Waals surface area contributed by atoms with E-state index in [1.807, 2.05) is 4.90 Å². The van der Waals surface area contributed by atoms with Gasteiger partial charge in [-0.05, 0) is 18.2 Å². The van der Waals surface area contributed by atoms with Gasteiger partial charge in [-0.1, -0.05) is 6.07 Å². The molecule has 1 aliphatic rings. The molecule has 1 amide bonds. The second-order valence-electron chi connectivity index (χ2n) is 7.41. The van der Waals surface area contributed by atoms with Crippen LogP contribution < -0.4 is 10.5 Å². The second-order valence-corrected chi connectivity index (χ2v) is 7.41. The number of rotatable bonds is 4. The molecule has 2 aromatic heterocycles. The zero-order chi connectivity index (χ0) is 22.2. The molecule has 31 heavy (non-hydrogen) atoms. The summed E-state index contributed by atoms with van der Waals surface area (Å²) in [6, 6.07) is 5.20. The SMILES string of the molecule is Cn1ncc2c(=O)n(CCC(=O)N3CCN(c4cccc(C(F)(F)F)c4)CC3)cnc21. The van der Waals surface area contributed by atoms with Crippen molar-refractivity contribution in [1.82, 2.24) is 24.2 Å². The number of hydrogen-bond acceptors (Lipinski definition) is 5. The van der Waals surface area contributed by atoms with E-state index in [4.69, 9.17) is 0 Å². The first-order valence-electron chi connectivity index (χ1n) is 9.81. The minimum absolute atomic E-state index is 0.109. The summed E-state index contributed by atoms with van der Waals surface area (Å²) in [5, 5.41) is 4.41. The Bertz CT molecular complexity index is 1160. The molecule has 0 N–H and O–H groups in total. The summed E-state index contributed by atoms with van der Waals surface area (Å²) in [5.41, 5.74) is 0.0380. The number of carbonyl (C=O) groups excluding carboxylic acids is 1. The van der Waals surface area contributed by atoms with Crippen LogP contribution in [0.5, 0.6) is 0 Å². The van der Waals surface area contributed by atoms with Crippen LogP contribution >= 0.6 is 0 Å². The first kappa shape index (κ1) is 20.9. The Labute approximate surface area is 175 Å². The quantitative estimate of drug-likeness (QED) is 0.627. The monoisotopic (exact) mass is 434 g/mol. The number of carbonyl (C=O) groups is 1. The van der Waals surface area contributed by atoms with Crippen LogP contribution in [0.3, 0.4) is 0 Å². The molecule has 4 rings (SSSR count). The molecule has 1 aromatic carbocycles. The molecule has 0 atom stereocenters. The maximum atomic E-state index is 12.9. The highest BCUT2D eigenvalue weighted by atomic mass is 19.4. The molecular weight excluding hydrogens is 413 g/mol. The number of anilines is 1. The number of halogens is 3. The van der Waals surface area contributed by atoms with Crippen molar-refractivity contribution in [1.29, 1.82) is 0 Å². The third kappa shape index (κ3) is 4.25. The van der Waals surface area contributed by atoms with Crippen molar-refractivity contribution >= 4 is 22.6 Å². The van der Waals surface area contributed by atoms with Gasteiger partial charge in [0.2, 0.25) is 5.91 Å². The van der Waals surface area contributed by atoms with E-state index in [9.17, 15) is 22.8 Å². The molecule has 11 heteroatoms. The molecule has 0 bridgehead atoms. The van der Waals surface area contributed by atoms with Gasteiger partial charge in [-0.15, -0.1) is 0 Å². The Hall–Kier alpha value is -3.37. The van der Waals surface area contributed by atoms with Gasteiger partial charge in [-0.25, -0.2) is 4.98 Å². The van der Waals surface area contributed by atoms with E-state index in [0.29, 0.717) is 42.9 Å². The van der Waals surface area contributed by atoms with Crippen LogP contribution in [0.1, 0.15) is 12.0 Å². The standard InChI is InChI=1S/C20H21F3N6O2/c1-26-18-16(12-25-26)19(31)29(13-24-18)6-5-17(30)28-9-7-27(8-10-28)15-4-2-3-14(11-15)20(21,22)23/h2-4,11-13H,5-10H2,1H3. The van der Waals surface area contributed by atoms with Crippen LogP contribution in [0.2, 0.25) is 0 Å². The van der Waals surface area contributed by atoms with Gasteiger partial charge in [0, 0.05) is 51.9 Å². The number of hydrogen-bond donors (Lipinski definition) is 0. The highest BCUT2D eigenvalue weighted by Crippen LogP contribution is 2.31. The highest BCUT2D eigenvalue weighted by Gasteiger charge is 2.31. The van der Waals surface area contributed by atoms with Crippen LogP contribution in [0, 0.1) is 0 Å². The summed E-state index contributed by atoms with van der Waals surface area (Å²) in [4.78, 5) is 32.8. The maximum absolute atomic E-state index is 12.9. The van der Waals surface area contributed by atoms with E-state index in [1.165, 1.54) is 27.8 Å². The number of alkyl halides is 3. The molecule has 3 heterocycles. The molecule has 164 valence electrons. The molecule has 1 fully saturated rings. The van der Waals surface area contributed by atoms with Crippen molar-refractivity contribution in [2.24, 2.45) is 7.05 Å². The van der Waals surface area contributed by atoms with Gasteiger partial charge < -0.3 is 9.80 Å². The van der Waals surface area contributed by atoms with Gasteiger partial charge in [0.05, 0.1) is 18.1 Å². The zero-order valence-electron chi connectivity index (χ0n) is 16.8. The van der Waals surface area contributed by atoms with Crippen LogP contribution in [-0.4, -0.2) is 56.3 Å². The van der Waals surface area contributed by atoms with Crippen LogP contribution in [0.4, 0.5) is 18.9 Å². The van der Waals surface area contributed by atoms with Crippen molar-refractivity contribution in [3.05, 3.63) is 52.7 Å². The molecule has 1 saturated heterocycles. The topological polar surface area (TPSA) is 76.3 Å². The minimum Gasteiger partial charge on any atom is -0.368 e. The first-order chi connectivity index (χ1) is 14.7. The van der Waals surface area contributed by atoms with Gasteiger partial charge in [-0.3, -0.25) is 18.8 Å². The van der Waals surface area contributed by atoms with Crippen molar-refractivity contribution < 1.29 is 18.0 Å². The van der Waals surface area contributed by atoms with Gasteiger partial charge in [-0.2, -0.15) is 18.3 Å². The third-order valence-electron chi connectivity index (χ3n) is 5.46. The molecule has 0 saturated carbocycles. The normalized spacial score (nSPS) is 15.0. The lowest BCUT2D eigenvalue weighted by molar-refractivity contribution is -0.137. The first-order valence-corrected chi connectivity index (χ1v) is 9.81. The lowest BCUT2D eigenvalue weighted by Crippen LogP contribution is -2.49. The van der Waals surface area contributed by atoms with Crippen molar-refractivity contribution in [2.45, 2.75) is 19.1 Å². The predicted octanol–water partition coefficient (Wildman–Crippen LogP) is 1.89. The smallest absolute Gasteiger partial charge is 0.368 e. The molecular formula is C20H21F3N6O2. The van der Waals surface area contributed by atoms with Gasteiger partial charge in [0.1, 0.15) is 5.39 Å². The van der Waals surface area contributed by atoms with E-state index in [1.54, 1.807) is 18.0 Å². The molecule has 0 spiro atoms. The zero-order valence-corrected chi connectivity index (χ0v) is 16.8. The van der Waals surface area contributed by atoms with Crippen LogP contribution in [0.15, 0.2) is 41.6 Å². The average Bonchev–Trinajstić information content (AvgIpc) is 3.14. The predicted molar refractivity (Wildman–Crippen MR) is 108 cm³/mol. The van der Waals surface area contributed by atoms with Crippen LogP contribution in [-0.2, 0) is 24.6 Å². The molecule has 0 aliphatic carbocycles. The Morgan fingerprint density at radius 1 is 1.16 bits per heavy atom. The van der Waals surface area contributed by atoms with Crippen molar-refractivity contribution in [2.75, 3.05) is 31.1 Å². The van der Waals surface area contributed by atoms with Gasteiger partial charge in [0.15, 0.2) is 5.65 Å². The number of amides is 1. The fourth-order valence-corrected chi connectivity index (χ4v) is 3.69. The molecule has 8 nitrogen and oxygen atoms in total. The van der Waals surface area contributed by atoms with Crippen LogP contribution in [0.25, 0.3) is 11.0 Å². The largest absolute Gasteiger partial charge is 0.416 e. The summed E-state index contributed by atoms with van der Waals surface area (Å²) in [5.74, 6) is -0.109. The Morgan fingerprint density at radius 3 is 2.61 bits per heavy atom. The molecule has 0 unspecified atom stereocenters. The summed E-state index contributed by atoms with van der Waals surface area (Å²) in [6.07, 6.45) is -1.39. The fourth-order valence-electron chi connectivity index (χ4n) is 3.69. The van der Waals surface area contributed by atoms with E-state index in [-0.39, 0.29) is 24.4 Å². The van der Waals surface area contributed by atoms with Gasteiger partial charge >= 0.3 is 6.18 Å². The Balaban J connectivity index is 1.35. The summed E-state index contributed by atoms with van der Waals surface area (Å²) in [6.45, 7) is 1.89. The Morgan fingerprint density at radius 2 is 1.90 bits per heavy atom. The van der Waals surface area contributed by atoms with E-state index in [2.05, 4.69) is 10.1 Å². The van der Waals surface area contributed by atoms with Crippen molar-refractivity contribution in [3.8, 4) is 0 Å².